The van der Waals surface area contributed by atoms with Gasteiger partial charge in [0.2, 0.25) is 0 Å². The molecule has 0 aliphatic rings. The number of carbonyl (C=O) groups excluding carboxylic acids is 2. The Morgan fingerprint density at radius 1 is 0.964 bits per heavy atom. The standard InChI is InChI=1S/C21H27N3O4/c1-4-24(15-21(26)23-17-9-7-10-18(12-17)27-2)14-20(25)22-13-16-8-5-6-11-19(16)28-3/h5-12H,4,13-15H2,1-3H3,(H,22,25)(H,23,26)/p+1. The Kier molecular flexibility index (Phi) is 8.30. The van der Waals surface area contributed by atoms with Crippen molar-refractivity contribution in [3.63, 3.8) is 0 Å². The molecule has 2 rings (SSSR count). The predicted octanol–water partition coefficient (Wildman–Crippen LogP) is 0.864. The fourth-order valence-corrected chi connectivity index (χ4v) is 2.78. The van der Waals surface area contributed by atoms with Gasteiger partial charge in [-0.1, -0.05) is 24.3 Å². The van der Waals surface area contributed by atoms with Crippen LogP contribution in [-0.4, -0.2) is 45.7 Å². The number of hydrogen-bond donors (Lipinski definition) is 3. The van der Waals surface area contributed by atoms with Crippen LogP contribution in [0.5, 0.6) is 11.5 Å². The number of quaternary nitrogens is 1. The van der Waals surface area contributed by atoms with Crippen LogP contribution in [0, 0.1) is 0 Å². The Bertz CT molecular complexity index is 795. The quantitative estimate of drug-likeness (QED) is 0.566. The number of amides is 2. The van der Waals surface area contributed by atoms with E-state index in [4.69, 9.17) is 9.47 Å². The number of ether oxygens (including phenoxy) is 2. The molecule has 0 fully saturated rings. The molecule has 3 N–H and O–H groups in total. The van der Waals surface area contributed by atoms with Crippen molar-refractivity contribution in [2.24, 2.45) is 0 Å². The second-order valence-corrected chi connectivity index (χ2v) is 6.33. The van der Waals surface area contributed by atoms with Gasteiger partial charge in [-0.05, 0) is 25.1 Å². The zero-order valence-electron chi connectivity index (χ0n) is 16.6. The van der Waals surface area contributed by atoms with Gasteiger partial charge in [0.1, 0.15) is 11.5 Å². The van der Waals surface area contributed by atoms with Gasteiger partial charge in [0.15, 0.2) is 13.1 Å². The van der Waals surface area contributed by atoms with Crippen LogP contribution in [0.4, 0.5) is 5.69 Å². The van der Waals surface area contributed by atoms with Gasteiger partial charge in [-0.3, -0.25) is 9.59 Å². The smallest absolute Gasteiger partial charge is 0.279 e. The van der Waals surface area contributed by atoms with Crippen LogP contribution in [0.15, 0.2) is 48.5 Å². The van der Waals surface area contributed by atoms with E-state index in [1.54, 1.807) is 26.4 Å². The summed E-state index contributed by atoms with van der Waals surface area (Å²) in [4.78, 5) is 25.5. The minimum Gasteiger partial charge on any atom is -0.497 e. The van der Waals surface area contributed by atoms with Crippen molar-refractivity contribution in [2.75, 3.05) is 39.2 Å². The molecule has 0 aromatic heterocycles. The van der Waals surface area contributed by atoms with Crippen molar-refractivity contribution in [1.82, 2.24) is 5.32 Å². The molecule has 1 atom stereocenters. The van der Waals surface area contributed by atoms with E-state index in [-0.39, 0.29) is 24.9 Å². The molecule has 0 saturated carbocycles. The normalized spacial score (nSPS) is 11.4. The SMILES string of the molecule is CC[NH+](CC(=O)NCc1ccccc1OC)CC(=O)Nc1cccc(OC)c1. The van der Waals surface area contributed by atoms with Gasteiger partial charge >= 0.3 is 0 Å². The molecule has 2 aromatic carbocycles. The summed E-state index contributed by atoms with van der Waals surface area (Å²) in [5.41, 5.74) is 1.58. The first kappa shape index (κ1) is 21.2. The van der Waals surface area contributed by atoms with Gasteiger partial charge in [-0.25, -0.2) is 0 Å². The van der Waals surface area contributed by atoms with Gasteiger partial charge in [0.05, 0.1) is 20.8 Å². The summed E-state index contributed by atoms with van der Waals surface area (Å²) < 4.78 is 10.4. The van der Waals surface area contributed by atoms with Crippen LogP contribution in [0.25, 0.3) is 0 Å². The first-order valence-corrected chi connectivity index (χ1v) is 9.21. The zero-order chi connectivity index (χ0) is 20.4. The Labute approximate surface area is 165 Å². The molecule has 7 heteroatoms. The maximum atomic E-state index is 12.3. The van der Waals surface area contributed by atoms with E-state index >= 15 is 0 Å². The summed E-state index contributed by atoms with van der Waals surface area (Å²) in [5, 5.41) is 5.73. The van der Waals surface area contributed by atoms with Gasteiger partial charge < -0.3 is 25.0 Å². The number of anilines is 1. The minimum atomic E-state index is -0.150. The van der Waals surface area contributed by atoms with Crippen molar-refractivity contribution in [1.29, 1.82) is 0 Å². The molecule has 7 nitrogen and oxygen atoms in total. The predicted molar refractivity (Wildman–Crippen MR) is 108 cm³/mol. The van der Waals surface area contributed by atoms with Gasteiger partial charge in [0, 0.05) is 23.9 Å². The third-order valence-electron chi connectivity index (χ3n) is 4.34. The first-order valence-electron chi connectivity index (χ1n) is 9.21. The number of hydrogen-bond acceptors (Lipinski definition) is 4. The van der Waals surface area contributed by atoms with Crippen LogP contribution in [0.1, 0.15) is 12.5 Å². The number of carbonyl (C=O) groups is 2. The summed E-state index contributed by atoms with van der Waals surface area (Å²) in [6, 6.07) is 14.7. The van der Waals surface area contributed by atoms with Gasteiger partial charge in [0.25, 0.3) is 11.8 Å². The second-order valence-electron chi connectivity index (χ2n) is 6.33. The molecule has 0 heterocycles. The van der Waals surface area contributed by atoms with Crippen LogP contribution in [0.3, 0.4) is 0 Å². The summed E-state index contributed by atoms with van der Waals surface area (Å²) in [7, 11) is 3.18. The fraction of sp³-hybridized carbons (Fsp3) is 0.333. The highest BCUT2D eigenvalue weighted by Crippen LogP contribution is 2.17. The van der Waals surface area contributed by atoms with Crippen LogP contribution in [0.2, 0.25) is 0 Å². The number of methoxy groups -OCH3 is 2. The molecule has 0 spiro atoms. The molecular formula is C21H28N3O4+. The Hall–Kier alpha value is -3.06. The van der Waals surface area contributed by atoms with Crippen LogP contribution >= 0.6 is 0 Å². The maximum absolute atomic E-state index is 12.3. The molecule has 2 amide bonds. The average Bonchev–Trinajstić information content (AvgIpc) is 2.71. The summed E-state index contributed by atoms with van der Waals surface area (Å²) in [6.07, 6.45) is 0. The number of nitrogens with one attached hydrogen (secondary N) is 3. The Morgan fingerprint density at radius 2 is 1.71 bits per heavy atom. The van der Waals surface area contributed by atoms with E-state index in [0.29, 0.717) is 24.5 Å². The molecular weight excluding hydrogens is 358 g/mol. The lowest BCUT2D eigenvalue weighted by Gasteiger charge is -2.17. The topological polar surface area (TPSA) is 81.1 Å². The molecule has 0 aliphatic carbocycles. The number of para-hydroxylation sites is 1. The third kappa shape index (κ3) is 6.59. The molecule has 0 saturated heterocycles. The fourth-order valence-electron chi connectivity index (χ4n) is 2.78. The van der Waals surface area contributed by atoms with E-state index in [0.717, 1.165) is 16.2 Å². The summed E-state index contributed by atoms with van der Waals surface area (Å²) >= 11 is 0. The zero-order valence-corrected chi connectivity index (χ0v) is 16.6. The highest BCUT2D eigenvalue weighted by atomic mass is 16.5. The molecule has 0 aliphatic heterocycles. The van der Waals surface area contributed by atoms with Gasteiger partial charge in [-0.2, -0.15) is 0 Å². The average molecular weight is 386 g/mol. The lowest BCUT2D eigenvalue weighted by atomic mass is 10.2. The second kappa shape index (κ2) is 10.9. The lowest BCUT2D eigenvalue weighted by Crippen LogP contribution is -3.13. The van der Waals surface area contributed by atoms with Crippen molar-refractivity contribution in [2.45, 2.75) is 13.5 Å². The summed E-state index contributed by atoms with van der Waals surface area (Å²) in [5.74, 6) is 1.15. The molecule has 150 valence electrons. The number of benzene rings is 2. The van der Waals surface area contributed by atoms with Gasteiger partial charge in [-0.15, -0.1) is 0 Å². The first-order chi connectivity index (χ1) is 13.5. The Morgan fingerprint density at radius 3 is 2.43 bits per heavy atom. The maximum Gasteiger partial charge on any atom is 0.279 e. The minimum absolute atomic E-state index is 0.114. The van der Waals surface area contributed by atoms with E-state index < -0.39 is 0 Å². The third-order valence-corrected chi connectivity index (χ3v) is 4.34. The van der Waals surface area contributed by atoms with Crippen molar-refractivity contribution < 1.29 is 24.0 Å². The largest absolute Gasteiger partial charge is 0.497 e. The number of rotatable bonds is 10. The Balaban J connectivity index is 1.83. The van der Waals surface area contributed by atoms with Crippen LogP contribution < -0.4 is 25.0 Å². The molecule has 0 radical (unpaired) electrons. The van der Waals surface area contributed by atoms with E-state index in [9.17, 15) is 9.59 Å². The van der Waals surface area contributed by atoms with Crippen molar-refractivity contribution in [3.8, 4) is 11.5 Å². The highest BCUT2D eigenvalue weighted by molar-refractivity contribution is 5.91. The molecule has 0 bridgehead atoms. The van der Waals surface area contributed by atoms with Crippen LogP contribution in [-0.2, 0) is 16.1 Å². The molecule has 28 heavy (non-hydrogen) atoms. The van der Waals surface area contributed by atoms with Crippen molar-refractivity contribution in [3.05, 3.63) is 54.1 Å². The van der Waals surface area contributed by atoms with Crippen molar-refractivity contribution >= 4 is 17.5 Å². The highest BCUT2D eigenvalue weighted by Gasteiger charge is 2.17. The number of likely N-dealkylation sites (N-methyl/N-ethyl adjacent to an activating group) is 1. The lowest BCUT2D eigenvalue weighted by molar-refractivity contribution is -0.881. The van der Waals surface area contributed by atoms with E-state index in [1.165, 1.54) is 0 Å². The summed E-state index contributed by atoms with van der Waals surface area (Å²) in [6.45, 7) is 3.41. The van der Waals surface area contributed by atoms with E-state index in [1.807, 2.05) is 43.3 Å². The monoisotopic (exact) mass is 386 g/mol. The van der Waals surface area contributed by atoms with E-state index in [2.05, 4.69) is 10.6 Å². The molecule has 2 aromatic rings. The molecule has 1 unspecified atom stereocenters.